The number of likely N-dealkylation sites (N-methyl/N-ethyl adjacent to an activating group) is 1. The zero-order valence-electron chi connectivity index (χ0n) is 15.3. The van der Waals surface area contributed by atoms with E-state index in [0.29, 0.717) is 12.3 Å². The van der Waals surface area contributed by atoms with Gasteiger partial charge in [0.15, 0.2) is 0 Å². The summed E-state index contributed by atoms with van der Waals surface area (Å²) in [4.78, 5) is 24.9. The van der Waals surface area contributed by atoms with Crippen molar-refractivity contribution in [2.75, 3.05) is 27.7 Å². The summed E-state index contributed by atoms with van der Waals surface area (Å²) < 4.78 is 7.53. The molecule has 0 fully saturated rings. The third-order valence-corrected chi connectivity index (χ3v) is 4.65. The third kappa shape index (κ3) is 3.66. The molecule has 7 heteroatoms. The summed E-state index contributed by atoms with van der Waals surface area (Å²) in [7, 11) is 5.18. The number of hydrogen-bond acceptors (Lipinski definition) is 5. The monoisotopic (exact) mass is 343 g/mol. The Labute approximate surface area is 148 Å². The lowest BCUT2D eigenvalue weighted by Gasteiger charge is -2.33. The van der Waals surface area contributed by atoms with E-state index in [4.69, 9.17) is 9.72 Å². The highest BCUT2D eigenvalue weighted by Gasteiger charge is 2.27. The second kappa shape index (κ2) is 7.23. The number of hydrogen-bond donors (Lipinski definition) is 0. The molecule has 0 spiro atoms. The van der Waals surface area contributed by atoms with E-state index in [-0.39, 0.29) is 11.9 Å². The van der Waals surface area contributed by atoms with Crippen LogP contribution in [-0.2, 0) is 24.3 Å². The van der Waals surface area contributed by atoms with Crippen molar-refractivity contribution >= 4 is 5.91 Å². The van der Waals surface area contributed by atoms with Crippen molar-refractivity contribution in [3.05, 3.63) is 41.6 Å². The Morgan fingerprint density at radius 2 is 2.20 bits per heavy atom. The quantitative estimate of drug-likeness (QED) is 0.823. The molecule has 2 aromatic heterocycles. The molecule has 1 atom stereocenters. The van der Waals surface area contributed by atoms with Gasteiger partial charge >= 0.3 is 0 Å². The van der Waals surface area contributed by atoms with Crippen LogP contribution < -0.4 is 4.74 Å². The first-order valence-corrected chi connectivity index (χ1v) is 8.47. The van der Waals surface area contributed by atoms with Gasteiger partial charge in [-0.1, -0.05) is 6.07 Å². The van der Waals surface area contributed by atoms with Gasteiger partial charge in [0, 0.05) is 51.7 Å². The van der Waals surface area contributed by atoms with Gasteiger partial charge in [-0.05, 0) is 13.0 Å². The Morgan fingerprint density at radius 1 is 1.40 bits per heavy atom. The molecule has 0 saturated heterocycles. The number of imidazole rings is 1. The fraction of sp³-hybridized carbons (Fsp3) is 0.500. The lowest BCUT2D eigenvalue weighted by molar-refractivity contribution is -0.128. The minimum atomic E-state index is 0.0695. The van der Waals surface area contributed by atoms with Crippen LogP contribution in [0.4, 0.5) is 0 Å². The summed E-state index contributed by atoms with van der Waals surface area (Å²) >= 11 is 0. The number of ether oxygens (including phenoxy) is 1. The summed E-state index contributed by atoms with van der Waals surface area (Å²) in [5.41, 5.74) is 1.90. The smallest absolute Gasteiger partial charge is 0.228 e. The van der Waals surface area contributed by atoms with Crippen LogP contribution >= 0.6 is 0 Å². The zero-order valence-corrected chi connectivity index (χ0v) is 15.3. The van der Waals surface area contributed by atoms with Crippen LogP contribution in [0.5, 0.6) is 5.88 Å². The predicted octanol–water partition coefficient (Wildman–Crippen LogP) is 1.49. The number of amides is 1. The average Bonchev–Trinajstić information content (AvgIpc) is 3.01. The molecule has 0 aromatic carbocycles. The first kappa shape index (κ1) is 17.4. The van der Waals surface area contributed by atoms with E-state index in [1.165, 1.54) is 0 Å². The van der Waals surface area contributed by atoms with Gasteiger partial charge in [-0.2, -0.15) is 0 Å². The van der Waals surface area contributed by atoms with Crippen molar-refractivity contribution in [2.45, 2.75) is 32.5 Å². The summed E-state index contributed by atoms with van der Waals surface area (Å²) in [6.07, 6.45) is 4.09. The first-order chi connectivity index (χ1) is 12.0. The van der Waals surface area contributed by atoms with Crippen LogP contribution in [0, 0.1) is 0 Å². The fourth-order valence-electron chi connectivity index (χ4n) is 3.15. The summed E-state index contributed by atoms with van der Waals surface area (Å²) in [6, 6.07) is 4.14. The highest BCUT2D eigenvalue weighted by molar-refractivity contribution is 5.77. The second-order valence-corrected chi connectivity index (χ2v) is 6.57. The Morgan fingerprint density at radius 3 is 2.92 bits per heavy atom. The normalized spacial score (nSPS) is 17.2. The molecule has 7 nitrogen and oxygen atoms in total. The van der Waals surface area contributed by atoms with Crippen LogP contribution in [0.15, 0.2) is 24.5 Å². The largest absolute Gasteiger partial charge is 0.481 e. The van der Waals surface area contributed by atoms with Gasteiger partial charge in [0.25, 0.3) is 0 Å². The third-order valence-electron chi connectivity index (χ3n) is 4.65. The number of aromatic nitrogens is 3. The van der Waals surface area contributed by atoms with Crippen molar-refractivity contribution in [1.29, 1.82) is 0 Å². The first-order valence-electron chi connectivity index (χ1n) is 8.47. The number of fused-ring (bicyclic) bond motifs is 1. The van der Waals surface area contributed by atoms with E-state index < -0.39 is 0 Å². The maximum atomic E-state index is 11.9. The topological polar surface area (TPSA) is 63.5 Å². The molecule has 134 valence electrons. The summed E-state index contributed by atoms with van der Waals surface area (Å²) in [5.74, 6) is 1.75. The zero-order chi connectivity index (χ0) is 18.0. The molecular weight excluding hydrogens is 318 g/mol. The number of nitrogens with zero attached hydrogens (tertiary/aromatic N) is 5. The molecule has 3 rings (SSSR count). The van der Waals surface area contributed by atoms with Crippen molar-refractivity contribution in [3.63, 3.8) is 0 Å². The number of carbonyl (C=O) groups excluding carboxylic acids is 1. The van der Waals surface area contributed by atoms with Crippen LogP contribution in [0.2, 0.25) is 0 Å². The molecule has 1 aliphatic rings. The SMILES string of the molecule is COc1ncccc1CN1CCn2cc(CC(=O)N(C)C)nc2C1C. The molecule has 1 aliphatic heterocycles. The Balaban J connectivity index is 1.76. The Bertz CT molecular complexity index is 756. The van der Waals surface area contributed by atoms with E-state index in [0.717, 1.165) is 36.7 Å². The van der Waals surface area contributed by atoms with Crippen LogP contribution in [0.1, 0.15) is 30.0 Å². The maximum Gasteiger partial charge on any atom is 0.228 e. The van der Waals surface area contributed by atoms with E-state index in [2.05, 4.69) is 21.4 Å². The highest BCUT2D eigenvalue weighted by Crippen LogP contribution is 2.28. The molecule has 3 heterocycles. The molecule has 0 saturated carbocycles. The van der Waals surface area contributed by atoms with Crippen molar-refractivity contribution in [2.24, 2.45) is 0 Å². The predicted molar refractivity (Wildman–Crippen MR) is 94.2 cm³/mol. The number of carbonyl (C=O) groups is 1. The van der Waals surface area contributed by atoms with E-state index in [9.17, 15) is 4.79 Å². The Kier molecular flexibility index (Phi) is 5.03. The van der Waals surface area contributed by atoms with Gasteiger partial charge in [-0.25, -0.2) is 9.97 Å². The van der Waals surface area contributed by atoms with E-state index in [1.54, 1.807) is 32.3 Å². The van der Waals surface area contributed by atoms with Crippen molar-refractivity contribution in [1.82, 2.24) is 24.3 Å². The molecular formula is C18H25N5O2. The van der Waals surface area contributed by atoms with Crippen LogP contribution in [-0.4, -0.2) is 58.0 Å². The standard InChI is InChI=1S/C18H25N5O2/c1-13-17-20-15(10-16(24)21(2)3)12-23(17)9-8-22(13)11-14-6-5-7-19-18(14)25-4/h5-7,12-13H,8-11H2,1-4H3. The molecule has 1 unspecified atom stereocenters. The van der Waals surface area contributed by atoms with Crippen molar-refractivity contribution < 1.29 is 9.53 Å². The average molecular weight is 343 g/mol. The number of rotatable bonds is 5. The van der Waals surface area contributed by atoms with Crippen LogP contribution in [0.25, 0.3) is 0 Å². The van der Waals surface area contributed by atoms with Gasteiger partial charge in [0.05, 0.1) is 25.3 Å². The Hall–Kier alpha value is -2.41. The van der Waals surface area contributed by atoms with Gasteiger partial charge < -0.3 is 14.2 Å². The molecule has 0 N–H and O–H groups in total. The molecule has 25 heavy (non-hydrogen) atoms. The molecule has 0 aliphatic carbocycles. The second-order valence-electron chi connectivity index (χ2n) is 6.57. The molecule has 1 amide bonds. The minimum absolute atomic E-state index is 0.0695. The van der Waals surface area contributed by atoms with Gasteiger partial charge in [-0.3, -0.25) is 9.69 Å². The lowest BCUT2D eigenvalue weighted by atomic mass is 10.1. The minimum Gasteiger partial charge on any atom is -0.481 e. The highest BCUT2D eigenvalue weighted by atomic mass is 16.5. The molecule has 0 bridgehead atoms. The lowest BCUT2D eigenvalue weighted by Crippen LogP contribution is -2.36. The van der Waals surface area contributed by atoms with Crippen molar-refractivity contribution in [3.8, 4) is 5.88 Å². The summed E-state index contributed by atoms with van der Waals surface area (Å²) in [5, 5.41) is 0. The summed E-state index contributed by atoms with van der Waals surface area (Å²) in [6.45, 7) is 4.70. The van der Waals surface area contributed by atoms with Gasteiger partial charge in [0.2, 0.25) is 11.8 Å². The van der Waals surface area contributed by atoms with Crippen LogP contribution in [0.3, 0.4) is 0 Å². The molecule has 2 aromatic rings. The van der Waals surface area contributed by atoms with Gasteiger partial charge in [-0.15, -0.1) is 0 Å². The fourth-order valence-corrected chi connectivity index (χ4v) is 3.15. The van der Waals surface area contributed by atoms with Gasteiger partial charge in [0.1, 0.15) is 5.82 Å². The number of methoxy groups -OCH3 is 1. The molecule has 0 radical (unpaired) electrons. The number of pyridine rings is 1. The van der Waals surface area contributed by atoms with E-state index >= 15 is 0 Å². The maximum absolute atomic E-state index is 11.9. The van der Waals surface area contributed by atoms with E-state index in [1.807, 2.05) is 18.3 Å².